The Hall–Kier alpha value is -5.74. The van der Waals surface area contributed by atoms with Crippen LogP contribution in [-0.2, 0) is 15.3 Å². The summed E-state index contributed by atoms with van der Waals surface area (Å²) in [6, 6.07) is 13.0. The summed E-state index contributed by atoms with van der Waals surface area (Å²) in [5.41, 5.74) is 6.18. The lowest BCUT2D eigenvalue weighted by molar-refractivity contribution is -0.138. The fraction of sp³-hybridized carbons (Fsp3) is 0.458. The Morgan fingerprint density at radius 3 is 1.69 bits per heavy atom. The van der Waals surface area contributed by atoms with Gasteiger partial charge in [-0.15, -0.1) is 41.9 Å². The Balaban J connectivity index is 0.946. The van der Waals surface area contributed by atoms with Crippen LogP contribution in [0.5, 0.6) is 11.8 Å². The van der Waals surface area contributed by atoms with E-state index in [2.05, 4.69) is 59.1 Å². The number of rotatable bonds is 17. The Labute approximate surface area is 439 Å². The fourth-order valence-electron chi connectivity index (χ4n) is 9.60. The number of fused-ring (bicyclic) bond motifs is 4. The number of primary amides is 1. The van der Waals surface area contributed by atoms with E-state index in [0.29, 0.717) is 82.0 Å². The molecular formula is C48H52F2N16O4S4. The number of hydrogen-bond acceptors (Lipinski definition) is 20. The number of nitrogens with two attached hydrogens (primary N) is 1. The molecule has 0 spiro atoms. The van der Waals surface area contributed by atoms with Crippen LogP contribution in [0.4, 0.5) is 13.9 Å². The zero-order valence-electron chi connectivity index (χ0n) is 40.6. The predicted octanol–water partition coefficient (Wildman–Crippen LogP) is 6.17. The van der Waals surface area contributed by atoms with Gasteiger partial charge in [0.25, 0.3) is 5.91 Å². The van der Waals surface area contributed by atoms with E-state index in [9.17, 15) is 0 Å². The second-order valence-corrected chi connectivity index (χ2v) is 22.9. The third-order valence-corrected chi connectivity index (χ3v) is 18.4. The van der Waals surface area contributed by atoms with Crippen LogP contribution in [0.25, 0.3) is 31.7 Å². The number of piperazine rings is 2. The maximum Gasteiger partial charge on any atom is 0.266 e. The molecule has 2 saturated carbocycles. The average molecular weight is 1080 g/mol. The monoisotopic (exact) mass is 1080 g/mol. The molecule has 4 fully saturated rings. The molecule has 4 aliphatic rings. The molecular weight excluding hydrogens is 1030 g/mol. The van der Waals surface area contributed by atoms with Gasteiger partial charge in [0.15, 0.2) is 16.4 Å². The lowest BCUT2D eigenvalue weighted by Gasteiger charge is -2.49. The Morgan fingerprint density at radius 2 is 1.19 bits per heavy atom. The molecule has 2 amide bonds. The molecule has 12 rings (SSSR count). The third kappa shape index (κ3) is 9.29. The summed E-state index contributed by atoms with van der Waals surface area (Å²) in [6.45, 7) is 10.3. The van der Waals surface area contributed by atoms with Gasteiger partial charge in [-0.25, -0.2) is 18.7 Å². The van der Waals surface area contributed by atoms with Crippen molar-refractivity contribution >= 4 is 94.9 Å². The van der Waals surface area contributed by atoms with Crippen LogP contribution in [0.1, 0.15) is 57.4 Å². The van der Waals surface area contributed by atoms with E-state index >= 15 is 18.4 Å². The van der Waals surface area contributed by atoms with E-state index in [4.69, 9.17) is 25.2 Å². The largest absolute Gasteiger partial charge is 0.473 e. The minimum absolute atomic E-state index is 0.0691. The van der Waals surface area contributed by atoms with Gasteiger partial charge >= 0.3 is 0 Å². The number of carbonyl (C=O) groups excluding carboxylic acids is 2. The Kier molecular flexibility index (Phi) is 13.6. The molecule has 2 N–H and O–H groups in total. The fourth-order valence-corrected chi connectivity index (χ4v) is 13.7. The number of carbonyl (C=O) groups is 2. The molecule has 2 aliphatic heterocycles. The molecule has 8 heterocycles. The van der Waals surface area contributed by atoms with Crippen molar-refractivity contribution < 1.29 is 27.8 Å². The van der Waals surface area contributed by atoms with E-state index in [1.54, 1.807) is 36.4 Å². The second kappa shape index (κ2) is 20.4. The van der Waals surface area contributed by atoms with Crippen LogP contribution in [0.15, 0.2) is 68.6 Å². The number of anilines is 1. The van der Waals surface area contributed by atoms with Crippen molar-refractivity contribution in [2.45, 2.75) is 90.3 Å². The highest BCUT2D eigenvalue weighted by atomic mass is 32.2. The van der Waals surface area contributed by atoms with E-state index < -0.39 is 29.1 Å². The molecule has 74 heavy (non-hydrogen) atoms. The van der Waals surface area contributed by atoms with Gasteiger partial charge in [0, 0.05) is 76.6 Å². The van der Waals surface area contributed by atoms with Crippen molar-refractivity contribution in [3.05, 3.63) is 65.2 Å². The molecule has 0 radical (unpaired) electrons. The molecule has 386 valence electrons. The van der Waals surface area contributed by atoms with Gasteiger partial charge in [0.05, 0.1) is 36.8 Å². The number of ether oxygens (including phenoxy) is 2. The minimum atomic E-state index is -2.06. The summed E-state index contributed by atoms with van der Waals surface area (Å²) in [6.07, 6.45) is 6.25. The summed E-state index contributed by atoms with van der Waals surface area (Å²) < 4.78 is 49.1. The standard InChI is InChI=1S/C48H52F2N16O4S4/c1-3-60-15-17-62(18-16-60)27-42(67)64(45-53-33-24-31(50)35(26-37(33)74-45)73-47-57-55-39-12-14-41(59-66(39)47)70-29-9-6-10-29)48(43(51)68,63-21-19-61(4-2)20-22-63)44-52-32-23-30(49)34(25-36(32)71-44)72-46-56-54-38-11-13-40(58-65(38)46)69-28-7-5-8-28/h11-14,23-26,28-29H,3-10,15-22,27H2,1-2H3,(H2,51,68). The van der Waals surface area contributed by atoms with Crippen LogP contribution in [0.2, 0.25) is 0 Å². The number of aromatic nitrogens is 10. The maximum atomic E-state index is 16.4. The number of amides is 2. The lowest BCUT2D eigenvalue weighted by Crippen LogP contribution is -2.70. The molecule has 8 aromatic rings. The van der Waals surface area contributed by atoms with E-state index in [1.165, 1.54) is 26.1 Å². The van der Waals surface area contributed by atoms with Crippen molar-refractivity contribution in [1.82, 2.24) is 69.2 Å². The van der Waals surface area contributed by atoms with E-state index in [0.717, 1.165) is 111 Å². The first-order valence-corrected chi connectivity index (χ1v) is 28.2. The first-order valence-electron chi connectivity index (χ1n) is 24.9. The van der Waals surface area contributed by atoms with Crippen molar-refractivity contribution in [3.8, 4) is 11.8 Å². The van der Waals surface area contributed by atoms with Crippen LogP contribution >= 0.6 is 46.2 Å². The normalized spacial score (nSPS) is 18.5. The van der Waals surface area contributed by atoms with Gasteiger partial charge in [-0.2, -0.15) is 9.03 Å². The molecule has 20 nitrogen and oxygen atoms in total. The van der Waals surface area contributed by atoms with Gasteiger partial charge in [-0.05, 0) is 99.4 Å². The molecule has 26 heteroatoms. The van der Waals surface area contributed by atoms with Crippen molar-refractivity contribution in [2.24, 2.45) is 5.73 Å². The summed E-state index contributed by atoms with van der Waals surface area (Å²) in [7, 11) is 0. The van der Waals surface area contributed by atoms with E-state index in [1.807, 2.05) is 4.90 Å². The second-order valence-electron chi connectivity index (χ2n) is 18.8. The molecule has 1 unspecified atom stereocenters. The number of thiazole rings is 2. The first kappa shape index (κ1) is 49.2. The summed E-state index contributed by atoms with van der Waals surface area (Å²) in [4.78, 5) is 50.9. The van der Waals surface area contributed by atoms with Crippen LogP contribution in [-0.4, -0.2) is 165 Å². The van der Waals surface area contributed by atoms with Gasteiger partial charge < -0.3 is 25.0 Å². The number of likely N-dealkylation sites (N-methyl/N-ethyl adjacent to an activating group) is 2. The van der Waals surface area contributed by atoms with Gasteiger partial charge in [0.2, 0.25) is 33.6 Å². The molecule has 6 aromatic heterocycles. The zero-order valence-corrected chi connectivity index (χ0v) is 43.9. The Morgan fingerprint density at radius 1 is 0.689 bits per heavy atom. The van der Waals surface area contributed by atoms with Gasteiger partial charge in [0.1, 0.15) is 28.8 Å². The molecule has 1 atom stereocenters. The van der Waals surface area contributed by atoms with Crippen LogP contribution < -0.4 is 20.1 Å². The molecule has 2 aliphatic carbocycles. The topological polar surface area (TPSA) is 207 Å². The van der Waals surface area contributed by atoms with Crippen molar-refractivity contribution in [3.63, 3.8) is 0 Å². The van der Waals surface area contributed by atoms with E-state index in [-0.39, 0.29) is 49.7 Å². The average Bonchev–Trinajstić information content (AvgIpc) is 4.19. The van der Waals surface area contributed by atoms with Gasteiger partial charge in [-0.3, -0.25) is 24.3 Å². The zero-order chi connectivity index (χ0) is 50.7. The smallest absolute Gasteiger partial charge is 0.266 e. The number of benzene rings is 2. The summed E-state index contributed by atoms with van der Waals surface area (Å²) >= 11 is 4.37. The summed E-state index contributed by atoms with van der Waals surface area (Å²) in [5, 5.41) is 27.3. The quantitative estimate of drug-likeness (QED) is 0.108. The van der Waals surface area contributed by atoms with Gasteiger partial charge in [-0.1, -0.05) is 25.2 Å². The van der Waals surface area contributed by atoms with Crippen molar-refractivity contribution in [2.75, 3.05) is 76.9 Å². The number of nitrogens with zero attached hydrogens (tertiary/aromatic N) is 15. The summed E-state index contributed by atoms with van der Waals surface area (Å²) in [5.74, 6) is -1.63. The third-order valence-electron chi connectivity index (χ3n) is 14.3. The highest BCUT2D eigenvalue weighted by Crippen LogP contribution is 2.46. The lowest BCUT2D eigenvalue weighted by atomic mass is 9.96. The minimum Gasteiger partial charge on any atom is -0.473 e. The Bertz CT molecular complexity index is 3400. The van der Waals surface area contributed by atoms with Crippen LogP contribution in [0.3, 0.4) is 0 Å². The molecule has 2 saturated heterocycles. The predicted molar refractivity (Wildman–Crippen MR) is 276 cm³/mol. The molecule has 0 bridgehead atoms. The first-order chi connectivity index (χ1) is 36.0. The SMILES string of the molecule is CCN1CCN(CC(=O)N(c2nc3cc(F)c(Sc4nnc5ccc(OC6CCC6)nn45)cc3s2)C(C(N)=O)(c2nc3cc(F)c(Sc4nnc5ccc(OC6CCC6)nn45)cc3s2)N2CCN(CC)CC2)CC1. The van der Waals surface area contributed by atoms with Crippen LogP contribution in [0, 0.1) is 11.6 Å². The highest BCUT2D eigenvalue weighted by molar-refractivity contribution is 7.99. The molecule has 2 aromatic carbocycles. The van der Waals surface area contributed by atoms with Crippen molar-refractivity contribution in [1.29, 1.82) is 0 Å². The number of halogens is 2. The maximum absolute atomic E-state index is 16.4. The highest BCUT2D eigenvalue weighted by Gasteiger charge is 2.56. The number of hydrogen-bond donors (Lipinski definition) is 1.